The predicted molar refractivity (Wildman–Crippen MR) is 81.8 cm³/mol. The number of hydrogen-bond acceptors (Lipinski definition) is 3. The molecule has 0 aliphatic heterocycles. The first-order valence-electron chi connectivity index (χ1n) is 6.81. The van der Waals surface area contributed by atoms with E-state index in [4.69, 9.17) is 11.6 Å². The van der Waals surface area contributed by atoms with Gasteiger partial charge in [0.15, 0.2) is 0 Å². The third-order valence-electron chi connectivity index (χ3n) is 3.61. The molecule has 108 valence electrons. The van der Waals surface area contributed by atoms with E-state index in [1.54, 1.807) is 6.33 Å². The van der Waals surface area contributed by atoms with Gasteiger partial charge in [0.1, 0.15) is 12.2 Å². The molecule has 0 aliphatic rings. The molecule has 2 heterocycles. The molecule has 1 N–H and O–H groups in total. The minimum atomic E-state index is 0.689. The zero-order valence-electron chi connectivity index (χ0n) is 12.0. The molecule has 0 saturated carbocycles. The van der Waals surface area contributed by atoms with Crippen molar-refractivity contribution in [2.75, 3.05) is 0 Å². The maximum atomic E-state index is 6.25. The second-order valence-corrected chi connectivity index (χ2v) is 5.39. The molecule has 0 radical (unpaired) electrons. The van der Waals surface area contributed by atoms with Crippen LogP contribution in [0.3, 0.4) is 0 Å². The average molecular weight is 302 g/mol. The van der Waals surface area contributed by atoms with Crippen molar-refractivity contribution in [3.8, 4) is 5.69 Å². The first-order valence-corrected chi connectivity index (χ1v) is 7.19. The van der Waals surface area contributed by atoms with Crippen LogP contribution in [0.5, 0.6) is 0 Å². The van der Waals surface area contributed by atoms with Crippen LogP contribution in [0.15, 0.2) is 30.6 Å². The van der Waals surface area contributed by atoms with E-state index < -0.39 is 0 Å². The Bertz CT molecular complexity index is 740. The van der Waals surface area contributed by atoms with Crippen molar-refractivity contribution in [1.29, 1.82) is 0 Å². The maximum Gasteiger partial charge on any atom is 0.137 e. The lowest BCUT2D eigenvalue weighted by Gasteiger charge is -2.08. The van der Waals surface area contributed by atoms with Gasteiger partial charge >= 0.3 is 0 Å². The molecule has 0 bridgehead atoms. The van der Waals surface area contributed by atoms with E-state index in [1.165, 1.54) is 5.56 Å². The van der Waals surface area contributed by atoms with Gasteiger partial charge < -0.3 is 0 Å². The molecule has 0 unspecified atom stereocenters. The normalized spacial score (nSPS) is 11.0. The Balaban J connectivity index is 1.85. The van der Waals surface area contributed by atoms with Crippen LogP contribution in [-0.2, 0) is 12.8 Å². The van der Waals surface area contributed by atoms with E-state index in [0.29, 0.717) is 5.02 Å². The molecule has 3 rings (SSSR count). The van der Waals surface area contributed by atoms with Crippen molar-refractivity contribution in [1.82, 2.24) is 25.0 Å². The molecule has 3 aromatic rings. The minimum absolute atomic E-state index is 0.689. The quantitative estimate of drug-likeness (QED) is 0.806. The molecule has 0 fully saturated rings. The van der Waals surface area contributed by atoms with Crippen LogP contribution in [0.4, 0.5) is 0 Å². The number of hydrogen-bond donors (Lipinski definition) is 1. The summed E-state index contributed by atoms with van der Waals surface area (Å²) in [6.07, 6.45) is 3.36. The van der Waals surface area contributed by atoms with Gasteiger partial charge in [-0.2, -0.15) is 5.10 Å². The number of aromatic amines is 1. The maximum absolute atomic E-state index is 6.25. The van der Waals surface area contributed by atoms with Crippen LogP contribution in [0, 0.1) is 13.8 Å². The van der Waals surface area contributed by atoms with E-state index in [1.807, 2.05) is 42.7 Å². The summed E-state index contributed by atoms with van der Waals surface area (Å²) in [5.74, 6) is 0.892. The molecule has 0 amide bonds. The Morgan fingerprint density at radius 1 is 1.19 bits per heavy atom. The lowest BCUT2D eigenvalue weighted by atomic mass is 10.1. The van der Waals surface area contributed by atoms with Crippen molar-refractivity contribution in [3.63, 3.8) is 0 Å². The summed E-state index contributed by atoms with van der Waals surface area (Å²) < 4.78 is 1.94. The van der Waals surface area contributed by atoms with Crippen molar-refractivity contribution >= 4 is 11.6 Å². The fraction of sp³-hybridized carbons (Fsp3) is 0.267. The summed E-state index contributed by atoms with van der Waals surface area (Å²) in [6.45, 7) is 4.05. The number of H-pyrrole nitrogens is 1. The van der Waals surface area contributed by atoms with E-state index >= 15 is 0 Å². The molecular weight excluding hydrogens is 286 g/mol. The van der Waals surface area contributed by atoms with Gasteiger partial charge in [-0.05, 0) is 38.0 Å². The predicted octanol–water partition coefficient (Wildman–Crippen LogP) is 3.05. The Kier molecular flexibility index (Phi) is 3.75. The van der Waals surface area contributed by atoms with Crippen molar-refractivity contribution in [2.45, 2.75) is 26.7 Å². The highest BCUT2D eigenvalue weighted by Crippen LogP contribution is 2.21. The standard InChI is InChI=1S/C15H16ClN5/c1-10-12(11(2)19-18-10)7-8-15-20-17-9-21(15)14-6-4-3-5-13(14)16/h3-6,9H,7-8H2,1-2H3,(H,18,19). The smallest absolute Gasteiger partial charge is 0.137 e. The fourth-order valence-electron chi connectivity index (χ4n) is 2.46. The Morgan fingerprint density at radius 3 is 2.71 bits per heavy atom. The molecule has 0 atom stereocenters. The van der Waals surface area contributed by atoms with Crippen molar-refractivity contribution in [2.24, 2.45) is 0 Å². The first-order chi connectivity index (χ1) is 10.2. The first kappa shape index (κ1) is 13.8. The van der Waals surface area contributed by atoms with Crippen LogP contribution in [-0.4, -0.2) is 25.0 Å². The highest BCUT2D eigenvalue weighted by molar-refractivity contribution is 6.32. The van der Waals surface area contributed by atoms with Gasteiger partial charge in [0.25, 0.3) is 0 Å². The van der Waals surface area contributed by atoms with E-state index in [9.17, 15) is 0 Å². The third-order valence-corrected chi connectivity index (χ3v) is 3.93. The molecule has 6 heteroatoms. The summed E-state index contributed by atoms with van der Waals surface area (Å²) in [7, 11) is 0. The van der Waals surface area contributed by atoms with Crippen molar-refractivity contribution < 1.29 is 0 Å². The number of para-hydroxylation sites is 1. The molecule has 0 saturated heterocycles. The number of benzene rings is 1. The summed E-state index contributed by atoms with van der Waals surface area (Å²) in [6, 6.07) is 7.69. The van der Waals surface area contributed by atoms with Crippen LogP contribution in [0.2, 0.25) is 5.02 Å². The SMILES string of the molecule is Cc1n[nH]c(C)c1CCc1nncn1-c1ccccc1Cl. The van der Waals surface area contributed by atoms with Gasteiger partial charge in [-0.25, -0.2) is 0 Å². The molecule has 2 aromatic heterocycles. The summed E-state index contributed by atoms with van der Waals surface area (Å²) in [4.78, 5) is 0. The van der Waals surface area contributed by atoms with Crippen molar-refractivity contribution in [3.05, 3.63) is 58.4 Å². The van der Waals surface area contributed by atoms with Gasteiger partial charge in [0.2, 0.25) is 0 Å². The number of aromatic nitrogens is 5. The molecule has 21 heavy (non-hydrogen) atoms. The number of nitrogens with zero attached hydrogens (tertiary/aromatic N) is 4. The number of nitrogens with one attached hydrogen (secondary N) is 1. The molecule has 5 nitrogen and oxygen atoms in total. The number of rotatable bonds is 4. The van der Waals surface area contributed by atoms with Gasteiger partial charge in [-0.15, -0.1) is 10.2 Å². The molecule has 1 aromatic carbocycles. The lowest BCUT2D eigenvalue weighted by Crippen LogP contribution is -2.04. The minimum Gasteiger partial charge on any atom is -0.284 e. The van der Waals surface area contributed by atoms with E-state index in [2.05, 4.69) is 20.4 Å². The number of halogens is 1. The third kappa shape index (κ3) is 2.69. The summed E-state index contributed by atoms with van der Waals surface area (Å²) in [5, 5.41) is 16.2. The largest absolute Gasteiger partial charge is 0.284 e. The Hall–Kier alpha value is -2.14. The summed E-state index contributed by atoms with van der Waals surface area (Å²) >= 11 is 6.25. The molecule has 0 spiro atoms. The van der Waals surface area contributed by atoms with Crippen LogP contribution < -0.4 is 0 Å². The molecular formula is C15H16ClN5. The van der Waals surface area contributed by atoms with Gasteiger partial charge in [-0.1, -0.05) is 23.7 Å². The topological polar surface area (TPSA) is 59.4 Å². The highest BCUT2D eigenvalue weighted by atomic mass is 35.5. The zero-order valence-corrected chi connectivity index (χ0v) is 12.7. The lowest BCUT2D eigenvalue weighted by molar-refractivity contribution is 0.815. The zero-order chi connectivity index (χ0) is 14.8. The Morgan fingerprint density at radius 2 is 2.00 bits per heavy atom. The fourth-order valence-corrected chi connectivity index (χ4v) is 2.68. The van der Waals surface area contributed by atoms with Crippen LogP contribution >= 0.6 is 11.6 Å². The monoisotopic (exact) mass is 301 g/mol. The second kappa shape index (κ2) is 5.69. The van der Waals surface area contributed by atoms with Gasteiger partial charge in [-0.3, -0.25) is 9.67 Å². The van der Waals surface area contributed by atoms with E-state index in [0.717, 1.165) is 35.7 Å². The number of aryl methyl sites for hydroxylation is 3. The van der Waals surface area contributed by atoms with Crippen LogP contribution in [0.1, 0.15) is 22.8 Å². The second-order valence-electron chi connectivity index (χ2n) is 4.98. The average Bonchev–Trinajstić information content (AvgIpc) is 3.05. The summed E-state index contributed by atoms with van der Waals surface area (Å²) in [5.41, 5.74) is 4.29. The van der Waals surface area contributed by atoms with E-state index in [-0.39, 0.29) is 0 Å². The van der Waals surface area contributed by atoms with Gasteiger partial charge in [0, 0.05) is 12.1 Å². The Labute approximate surface area is 128 Å². The molecule has 0 aliphatic carbocycles. The van der Waals surface area contributed by atoms with Crippen LogP contribution in [0.25, 0.3) is 5.69 Å². The van der Waals surface area contributed by atoms with Gasteiger partial charge in [0.05, 0.1) is 16.4 Å². The highest BCUT2D eigenvalue weighted by Gasteiger charge is 2.12.